The average Bonchev–Trinajstić information content (AvgIpc) is 3.06. The monoisotopic (exact) mass is 283 g/mol. The van der Waals surface area contributed by atoms with Crippen LogP contribution >= 0.6 is 0 Å². The van der Waals surface area contributed by atoms with Gasteiger partial charge < -0.3 is 10.1 Å². The summed E-state index contributed by atoms with van der Waals surface area (Å²) >= 11 is 0. The molecule has 2 N–H and O–H groups in total. The van der Waals surface area contributed by atoms with Crippen molar-refractivity contribution in [3.05, 3.63) is 47.8 Å². The molecule has 3 aromatic rings. The third kappa shape index (κ3) is 2.66. The van der Waals surface area contributed by atoms with E-state index < -0.39 is 0 Å². The minimum absolute atomic E-state index is 0.250. The molecule has 0 fully saturated rings. The van der Waals surface area contributed by atoms with Gasteiger partial charge >= 0.3 is 0 Å². The van der Waals surface area contributed by atoms with E-state index in [1.807, 2.05) is 30.3 Å². The van der Waals surface area contributed by atoms with Crippen LogP contribution in [0.3, 0.4) is 0 Å². The molecule has 2 heterocycles. The minimum atomic E-state index is -0.288. The Morgan fingerprint density at radius 2 is 2.24 bits per heavy atom. The summed E-state index contributed by atoms with van der Waals surface area (Å²) in [6.45, 7) is 0.352. The fourth-order valence-corrected chi connectivity index (χ4v) is 2.05. The zero-order valence-electron chi connectivity index (χ0n) is 11.3. The second-order valence-corrected chi connectivity index (χ2v) is 4.38. The number of benzene rings is 1. The number of methoxy groups -OCH3 is 1. The Balaban J connectivity index is 1.87. The van der Waals surface area contributed by atoms with Crippen LogP contribution in [0, 0.1) is 0 Å². The van der Waals surface area contributed by atoms with Gasteiger partial charge in [0.1, 0.15) is 0 Å². The lowest BCUT2D eigenvalue weighted by Crippen LogP contribution is -2.23. The maximum Gasteiger partial charge on any atom is 0.273 e. The SMILES string of the molecule is COc1cc(CNC(=O)c2cn[nH]n2)c2ccccc2n1. The van der Waals surface area contributed by atoms with Crippen LogP contribution in [0.4, 0.5) is 0 Å². The van der Waals surface area contributed by atoms with Crippen molar-refractivity contribution in [2.24, 2.45) is 0 Å². The fourth-order valence-electron chi connectivity index (χ4n) is 2.05. The van der Waals surface area contributed by atoms with Crippen LogP contribution in [-0.4, -0.2) is 33.4 Å². The molecule has 0 saturated carbocycles. The Morgan fingerprint density at radius 3 is 3.00 bits per heavy atom. The molecule has 0 bridgehead atoms. The van der Waals surface area contributed by atoms with Gasteiger partial charge in [0.25, 0.3) is 5.91 Å². The van der Waals surface area contributed by atoms with Gasteiger partial charge in [0.15, 0.2) is 5.69 Å². The smallest absolute Gasteiger partial charge is 0.273 e. The molecule has 1 aromatic carbocycles. The van der Waals surface area contributed by atoms with Crippen molar-refractivity contribution in [3.63, 3.8) is 0 Å². The third-order valence-electron chi connectivity index (χ3n) is 3.07. The highest BCUT2D eigenvalue weighted by Gasteiger charge is 2.10. The number of hydrogen-bond donors (Lipinski definition) is 2. The highest BCUT2D eigenvalue weighted by Crippen LogP contribution is 2.21. The quantitative estimate of drug-likeness (QED) is 0.752. The van der Waals surface area contributed by atoms with E-state index in [4.69, 9.17) is 4.74 Å². The zero-order valence-corrected chi connectivity index (χ0v) is 11.3. The van der Waals surface area contributed by atoms with E-state index in [-0.39, 0.29) is 11.6 Å². The third-order valence-corrected chi connectivity index (χ3v) is 3.07. The number of H-pyrrole nitrogens is 1. The average molecular weight is 283 g/mol. The van der Waals surface area contributed by atoms with Crippen LogP contribution < -0.4 is 10.1 Å². The normalized spacial score (nSPS) is 10.5. The standard InChI is InChI=1S/C14H13N5O2/c1-21-13-6-9(10-4-2-3-5-11(10)17-13)7-15-14(20)12-8-16-19-18-12/h2-6,8H,7H2,1H3,(H,15,20)(H,16,18,19). The number of pyridine rings is 1. The van der Waals surface area contributed by atoms with Gasteiger partial charge in [-0.25, -0.2) is 4.98 Å². The largest absolute Gasteiger partial charge is 0.481 e. The molecule has 3 rings (SSSR count). The van der Waals surface area contributed by atoms with E-state index in [9.17, 15) is 4.79 Å². The number of amides is 1. The number of carbonyl (C=O) groups is 1. The number of rotatable bonds is 4. The topological polar surface area (TPSA) is 92.8 Å². The molecule has 0 saturated heterocycles. The molecule has 0 aliphatic carbocycles. The van der Waals surface area contributed by atoms with Crippen LogP contribution in [0.2, 0.25) is 0 Å². The summed E-state index contributed by atoms with van der Waals surface area (Å²) in [7, 11) is 1.56. The first kappa shape index (κ1) is 13.0. The molecule has 7 heteroatoms. The molecule has 0 spiro atoms. The minimum Gasteiger partial charge on any atom is -0.481 e. The lowest BCUT2D eigenvalue weighted by molar-refractivity contribution is 0.0946. The van der Waals surface area contributed by atoms with Gasteiger partial charge in [0, 0.05) is 18.0 Å². The Kier molecular flexibility index (Phi) is 3.46. The molecule has 106 valence electrons. The van der Waals surface area contributed by atoms with Gasteiger partial charge in [-0.1, -0.05) is 18.2 Å². The lowest BCUT2D eigenvalue weighted by atomic mass is 10.1. The van der Waals surface area contributed by atoms with Crippen LogP contribution in [0.1, 0.15) is 16.1 Å². The maximum atomic E-state index is 11.9. The molecule has 1 amide bonds. The number of nitrogens with one attached hydrogen (secondary N) is 2. The first-order valence-corrected chi connectivity index (χ1v) is 6.34. The van der Waals surface area contributed by atoms with Crippen molar-refractivity contribution in [1.82, 2.24) is 25.7 Å². The second-order valence-electron chi connectivity index (χ2n) is 4.38. The van der Waals surface area contributed by atoms with Gasteiger partial charge in [0.05, 0.1) is 18.8 Å². The van der Waals surface area contributed by atoms with Gasteiger partial charge in [-0.05, 0) is 11.6 Å². The van der Waals surface area contributed by atoms with Gasteiger partial charge in [-0.15, -0.1) is 0 Å². The molecule has 0 aliphatic heterocycles. The molecule has 0 atom stereocenters. The van der Waals surface area contributed by atoms with Gasteiger partial charge in [0.2, 0.25) is 5.88 Å². The molecule has 0 radical (unpaired) electrons. The number of aromatic amines is 1. The molecule has 7 nitrogen and oxygen atoms in total. The number of para-hydroxylation sites is 1. The second kappa shape index (κ2) is 5.58. The van der Waals surface area contributed by atoms with Crippen molar-refractivity contribution in [2.75, 3.05) is 7.11 Å². The van der Waals surface area contributed by atoms with Crippen molar-refractivity contribution in [1.29, 1.82) is 0 Å². The van der Waals surface area contributed by atoms with Gasteiger partial charge in [-0.3, -0.25) is 4.79 Å². The molecule has 0 unspecified atom stereocenters. The summed E-state index contributed by atoms with van der Waals surface area (Å²) in [5.41, 5.74) is 2.00. The van der Waals surface area contributed by atoms with Crippen molar-refractivity contribution < 1.29 is 9.53 Å². The summed E-state index contributed by atoms with van der Waals surface area (Å²) in [6.07, 6.45) is 1.38. The first-order valence-electron chi connectivity index (χ1n) is 6.34. The van der Waals surface area contributed by atoms with E-state index in [1.165, 1.54) is 6.20 Å². The van der Waals surface area contributed by atoms with E-state index in [0.29, 0.717) is 12.4 Å². The summed E-state index contributed by atoms with van der Waals surface area (Å²) < 4.78 is 5.19. The van der Waals surface area contributed by atoms with E-state index >= 15 is 0 Å². The zero-order chi connectivity index (χ0) is 14.7. The Hall–Kier alpha value is -2.96. The van der Waals surface area contributed by atoms with Crippen molar-refractivity contribution >= 4 is 16.8 Å². The van der Waals surface area contributed by atoms with E-state index in [2.05, 4.69) is 25.7 Å². The maximum absolute atomic E-state index is 11.9. The van der Waals surface area contributed by atoms with Crippen LogP contribution in [0.25, 0.3) is 10.9 Å². The van der Waals surface area contributed by atoms with E-state index in [0.717, 1.165) is 16.5 Å². The number of nitrogens with zero attached hydrogens (tertiary/aromatic N) is 3. The van der Waals surface area contributed by atoms with Crippen LogP contribution in [-0.2, 0) is 6.54 Å². The van der Waals surface area contributed by atoms with Gasteiger partial charge in [-0.2, -0.15) is 15.4 Å². The van der Waals surface area contributed by atoms with Crippen molar-refractivity contribution in [3.8, 4) is 5.88 Å². The summed E-state index contributed by atoms with van der Waals surface area (Å²) in [6, 6.07) is 9.51. The molecular weight excluding hydrogens is 270 g/mol. The summed E-state index contributed by atoms with van der Waals surface area (Å²) in [4.78, 5) is 16.3. The van der Waals surface area contributed by atoms with Crippen LogP contribution in [0.15, 0.2) is 36.5 Å². The number of carbonyl (C=O) groups excluding carboxylic acids is 1. The number of fused-ring (bicyclic) bond motifs is 1. The molecule has 21 heavy (non-hydrogen) atoms. The fraction of sp³-hybridized carbons (Fsp3) is 0.143. The van der Waals surface area contributed by atoms with E-state index in [1.54, 1.807) is 7.11 Å². The molecular formula is C14H13N5O2. The van der Waals surface area contributed by atoms with Crippen LogP contribution in [0.5, 0.6) is 5.88 Å². The number of aromatic nitrogens is 4. The molecule has 0 aliphatic rings. The predicted molar refractivity (Wildman–Crippen MR) is 75.8 cm³/mol. The highest BCUT2D eigenvalue weighted by atomic mass is 16.5. The lowest BCUT2D eigenvalue weighted by Gasteiger charge is -2.09. The predicted octanol–water partition coefficient (Wildman–Crippen LogP) is 1.29. The Labute approximate surface area is 120 Å². The Bertz CT molecular complexity index is 770. The Morgan fingerprint density at radius 1 is 1.38 bits per heavy atom. The number of ether oxygens (including phenoxy) is 1. The summed E-state index contributed by atoms with van der Waals surface area (Å²) in [5, 5.41) is 13.5. The summed E-state index contributed by atoms with van der Waals surface area (Å²) in [5.74, 6) is 0.225. The number of hydrogen-bond acceptors (Lipinski definition) is 5. The molecule has 2 aromatic heterocycles. The van der Waals surface area contributed by atoms with Crippen molar-refractivity contribution in [2.45, 2.75) is 6.54 Å². The highest BCUT2D eigenvalue weighted by molar-refractivity contribution is 5.92. The first-order chi connectivity index (χ1) is 10.3.